The largest absolute Gasteiger partial charge is 0.456 e. The minimum absolute atomic E-state index is 0.707. The number of hydrogen-bond acceptors (Lipinski definition) is 1. The fourth-order valence-electron chi connectivity index (χ4n) is 8.41. The number of fused-ring (bicyclic) bond motifs is 7. The summed E-state index contributed by atoms with van der Waals surface area (Å²) in [5.41, 5.74) is 11.2. The van der Waals surface area contributed by atoms with E-state index in [1.54, 1.807) is 0 Å². The van der Waals surface area contributed by atoms with Crippen molar-refractivity contribution in [2.75, 3.05) is 0 Å². The van der Waals surface area contributed by atoms with Gasteiger partial charge in [0.1, 0.15) is 28.3 Å². The molecular weight excluding hydrogens is 552 g/mol. The first-order chi connectivity index (χ1) is 22.2. The van der Waals surface area contributed by atoms with Crippen molar-refractivity contribution in [3.63, 3.8) is 0 Å². The van der Waals surface area contributed by atoms with E-state index in [0.29, 0.717) is 0 Å². The molecule has 0 saturated heterocycles. The molecule has 0 amide bonds. The summed E-state index contributed by atoms with van der Waals surface area (Å²) in [6.45, 7) is 2.23. The Morgan fingerprint density at radius 2 is 1.38 bits per heavy atom. The highest BCUT2D eigenvalue weighted by Crippen LogP contribution is 2.55. The van der Waals surface area contributed by atoms with Gasteiger partial charge in [0, 0.05) is 28.0 Å². The normalized spacial score (nSPS) is 16.4. The van der Waals surface area contributed by atoms with Gasteiger partial charge in [-0.3, -0.25) is 0 Å². The van der Waals surface area contributed by atoms with Gasteiger partial charge in [-0.05, 0) is 77.3 Å². The van der Waals surface area contributed by atoms with E-state index in [4.69, 9.17) is 4.74 Å². The van der Waals surface area contributed by atoms with Gasteiger partial charge in [-0.2, -0.15) is 9.13 Å². The predicted octanol–water partition coefficient (Wildman–Crippen LogP) is 7.82. The van der Waals surface area contributed by atoms with E-state index in [1.807, 2.05) is 0 Å². The zero-order chi connectivity index (χ0) is 29.4. The average molecular weight is 579 g/mol. The van der Waals surface area contributed by atoms with Crippen LogP contribution in [0.1, 0.15) is 16.7 Å². The highest BCUT2D eigenvalue weighted by Gasteiger charge is 2.69. The molecule has 0 N–H and O–H groups in total. The lowest BCUT2D eigenvalue weighted by Gasteiger charge is -2.33. The lowest BCUT2D eigenvalue weighted by atomic mass is 9.84. The third-order valence-electron chi connectivity index (χ3n) is 10.1. The molecule has 45 heavy (non-hydrogen) atoms. The van der Waals surface area contributed by atoms with Crippen molar-refractivity contribution in [2.24, 2.45) is 0 Å². The number of rotatable bonds is 2. The van der Waals surface area contributed by atoms with Crippen molar-refractivity contribution in [2.45, 2.75) is 12.6 Å². The van der Waals surface area contributed by atoms with Crippen LogP contribution in [-0.4, -0.2) is 9.25 Å². The number of para-hydroxylation sites is 1. The summed E-state index contributed by atoms with van der Waals surface area (Å²) in [6.07, 6.45) is 4.53. The third kappa shape index (κ3) is 2.63. The summed E-state index contributed by atoms with van der Waals surface area (Å²) in [5, 5.41) is 2.48. The van der Waals surface area contributed by atoms with Gasteiger partial charge >= 0.3 is 5.66 Å². The van der Waals surface area contributed by atoms with Crippen molar-refractivity contribution < 1.29 is 14.0 Å². The summed E-state index contributed by atoms with van der Waals surface area (Å²) in [6, 6.07) is 45.8. The molecule has 0 radical (unpaired) electrons. The first kappa shape index (κ1) is 23.5. The van der Waals surface area contributed by atoms with Crippen LogP contribution in [0.2, 0.25) is 0 Å². The first-order valence-corrected chi connectivity index (χ1v) is 15.5. The van der Waals surface area contributed by atoms with E-state index < -0.39 is 5.66 Å². The van der Waals surface area contributed by atoms with Gasteiger partial charge in [0.15, 0.2) is 11.1 Å². The molecular formula is C40H26N4O+2. The van der Waals surface area contributed by atoms with Crippen LogP contribution in [0, 0.1) is 6.92 Å². The quantitative estimate of drug-likeness (QED) is 0.192. The second-order valence-corrected chi connectivity index (χ2v) is 12.3. The summed E-state index contributed by atoms with van der Waals surface area (Å²) < 4.78 is 16.6. The van der Waals surface area contributed by atoms with Crippen molar-refractivity contribution in [3.05, 3.63) is 156 Å². The van der Waals surface area contributed by atoms with Gasteiger partial charge in [-0.25, -0.2) is 0 Å². The second kappa shape index (κ2) is 7.96. The van der Waals surface area contributed by atoms with Crippen LogP contribution in [0.3, 0.4) is 0 Å². The van der Waals surface area contributed by atoms with Crippen molar-refractivity contribution >= 4 is 21.8 Å². The molecule has 0 saturated carbocycles. The Bertz CT molecular complexity index is 2580. The standard InChI is InChI=1S/C40H26N4O/c1-25-24-42-32-14-9-15-33-36(32)40(44(42)38(25)28-19-17-27(18-20-28)26-10-3-2-4-11-26)37-34(45-33)22-21-30-29-12-5-6-13-31(29)43(39(30)37)35-16-7-8-23-41(35)40/h2-24H,1H3/q+2. The van der Waals surface area contributed by atoms with Crippen molar-refractivity contribution in [1.29, 1.82) is 0 Å². The number of pyridine rings is 1. The average Bonchev–Trinajstić information content (AvgIpc) is 3.71. The number of hydrogen-bond donors (Lipinski definition) is 0. The molecule has 3 aromatic heterocycles. The monoisotopic (exact) mass is 578 g/mol. The zero-order valence-corrected chi connectivity index (χ0v) is 24.5. The molecule has 3 aliphatic heterocycles. The predicted molar refractivity (Wildman–Crippen MR) is 174 cm³/mol. The van der Waals surface area contributed by atoms with E-state index in [9.17, 15) is 0 Å². The molecule has 1 unspecified atom stereocenters. The van der Waals surface area contributed by atoms with Gasteiger partial charge in [0.25, 0.3) is 5.82 Å². The molecule has 5 heteroatoms. The van der Waals surface area contributed by atoms with E-state index in [2.05, 4.69) is 165 Å². The Labute approximate surface area is 259 Å². The lowest BCUT2D eigenvalue weighted by molar-refractivity contribution is -0.988. The van der Waals surface area contributed by atoms with Gasteiger partial charge in [-0.15, -0.1) is 4.68 Å². The Balaban J connectivity index is 1.31. The molecule has 1 atom stereocenters. The van der Waals surface area contributed by atoms with E-state index in [0.717, 1.165) is 23.0 Å². The molecule has 5 nitrogen and oxygen atoms in total. The Hall–Kier alpha value is -5.94. The lowest BCUT2D eigenvalue weighted by Crippen LogP contribution is -2.77. The van der Waals surface area contributed by atoms with Crippen LogP contribution in [0.5, 0.6) is 11.5 Å². The molecule has 5 aromatic carbocycles. The van der Waals surface area contributed by atoms with Crippen LogP contribution in [0.25, 0.3) is 55.7 Å². The molecule has 3 aliphatic rings. The third-order valence-corrected chi connectivity index (χ3v) is 10.1. The van der Waals surface area contributed by atoms with Crippen LogP contribution in [0.15, 0.2) is 140 Å². The van der Waals surface area contributed by atoms with E-state index >= 15 is 0 Å². The minimum Gasteiger partial charge on any atom is -0.456 e. The molecule has 0 fully saturated rings. The molecule has 0 aliphatic carbocycles. The highest BCUT2D eigenvalue weighted by atomic mass is 16.5. The van der Waals surface area contributed by atoms with Crippen molar-refractivity contribution in [1.82, 2.24) is 9.25 Å². The SMILES string of the molecule is Cc1cn2[n+](c1-c1ccc(-c3ccccc3)cc1)C13c4c(cccc4-2)Oc2ccc4c5ccccc5n(c4c21)-c1cccc[n+]13. The fourth-order valence-corrected chi connectivity index (χ4v) is 8.41. The first-order valence-electron chi connectivity index (χ1n) is 15.5. The molecule has 11 rings (SSSR count). The molecule has 6 heterocycles. The summed E-state index contributed by atoms with van der Waals surface area (Å²) >= 11 is 0. The highest BCUT2D eigenvalue weighted by molar-refractivity contribution is 6.11. The number of benzene rings is 5. The maximum atomic E-state index is 6.83. The minimum atomic E-state index is -0.707. The summed E-state index contributed by atoms with van der Waals surface area (Å²) in [4.78, 5) is 0. The van der Waals surface area contributed by atoms with Crippen LogP contribution in [-0.2, 0) is 5.66 Å². The smallest absolute Gasteiger partial charge is 0.398 e. The maximum Gasteiger partial charge on any atom is 0.398 e. The Morgan fingerprint density at radius 3 is 2.27 bits per heavy atom. The van der Waals surface area contributed by atoms with E-state index in [1.165, 1.54) is 60.9 Å². The summed E-state index contributed by atoms with van der Waals surface area (Å²) in [7, 11) is 0. The Kier molecular flexibility index (Phi) is 4.16. The molecule has 1 spiro atoms. The van der Waals surface area contributed by atoms with Crippen LogP contribution >= 0.6 is 0 Å². The van der Waals surface area contributed by atoms with Gasteiger partial charge in [-0.1, -0.05) is 66.7 Å². The van der Waals surface area contributed by atoms with Crippen LogP contribution < -0.4 is 14.0 Å². The van der Waals surface area contributed by atoms with E-state index in [-0.39, 0.29) is 0 Å². The second-order valence-electron chi connectivity index (χ2n) is 12.3. The number of ether oxygens (including phenoxy) is 1. The number of aryl methyl sites for hydroxylation is 1. The number of aromatic nitrogens is 4. The molecule has 0 bridgehead atoms. The molecule has 210 valence electrons. The fraction of sp³-hybridized carbons (Fsp3) is 0.0500. The van der Waals surface area contributed by atoms with Crippen LogP contribution in [0.4, 0.5) is 0 Å². The summed E-state index contributed by atoms with van der Waals surface area (Å²) in [5.74, 6) is 2.91. The Morgan fingerprint density at radius 1 is 0.622 bits per heavy atom. The van der Waals surface area contributed by atoms with Gasteiger partial charge in [0.2, 0.25) is 5.69 Å². The topological polar surface area (TPSA) is 26.8 Å². The van der Waals surface area contributed by atoms with Gasteiger partial charge in [0.05, 0.1) is 12.4 Å². The maximum absolute atomic E-state index is 6.83. The molecule has 8 aromatic rings. The van der Waals surface area contributed by atoms with Crippen molar-refractivity contribution in [3.8, 4) is 45.4 Å². The number of nitrogens with zero attached hydrogens (tertiary/aromatic N) is 4. The zero-order valence-electron chi connectivity index (χ0n) is 24.5. The van der Waals surface area contributed by atoms with Gasteiger partial charge < -0.3 is 4.74 Å².